The van der Waals surface area contributed by atoms with E-state index in [2.05, 4.69) is 10.6 Å². The molecule has 2 aromatic carbocycles. The van der Waals surface area contributed by atoms with Crippen LogP contribution in [0.4, 0.5) is 5.69 Å². The van der Waals surface area contributed by atoms with Gasteiger partial charge >= 0.3 is 0 Å². The number of nitrogens with one attached hydrogen (secondary N) is 3. The van der Waals surface area contributed by atoms with Crippen LogP contribution in [0.1, 0.15) is 11.1 Å². The van der Waals surface area contributed by atoms with Crippen molar-refractivity contribution in [2.75, 3.05) is 11.9 Å². The van der Waals surface area contributed by atoms with Crippen LogP contribution < -0.4 is 21.3 Å². The van der Waals surface area contributed by atoms with Crippen LogP contribution >= 0.6 is 0 Å². The molecule has 0 aliphatic carbocycles. The number of aromatic hydroxyl groups is 1. The Morgan fingerprint density at radius 2 is 1.96 bits per heavy atom. The molecule has 0 bridgehead atoms. The predicted octanol–water partition coefficient (Wildman–Crippen LogP) is 0.998. The molecule has 0 fully saturated rings. The first-order valence-corrected chi connectivity index (χ1v) is 8.98. The van der Waals surface area contributed by atoms with Crippen molar-refractivity contribution < 1.29 is 14.8 Å². The van der Waals surface area contributed by atoms with Gasteiger partial charge in [0.15, 0.2) is 12.4 Å². The third-order valence-corrected chi connectivity index (χ3v) is 4.62. The average molecular weight is 376 g/mol. The van der Waals surface area contributed by atoms with Gasteiger partial charge in [0.05, 0.1) is 11.9 Å². The minimum absolute atomic E-state index is 0.169. The van der Waals surface area contributed by atoms with Crippen LogP contribution in [0.15, 0.2) is 78.8 Å². The standard InChI is InChI=1S/C21H21N5O2/c1-14-6-8-15(9-7-14)23-21-20(16-4-2-3-5-17(16)27)24-19-13-25(12-18(22)28)10-11-26(19)21/h2-11,13,23-24,27H,12H2,1H3,(H2,22,28)/p+1. The second kappa shape index (κ2) is 7.13. The Hall–Kier alpha value is -3.71. The van der Waals surface area contributed by atoms with Gasteiger partial charge in [0, 0.05) is 11.3 Å². The highest BCUT2D eigenvalue weighted by Gasteiger charge is 2.32. The fourth-order valence-corrected chi connectivity index (χ4v) is 3.23. The van der Waals surface area contributed by atoms with Crippen molar-refractivity contribution in [3.05, 3.63) is 89.9 Å². The Bertz CT molecular complexity index is 1010. The number of hydrogen-bond donors (Lipinski definition) is 5. The molecule has 0 saturated carbocycles. The molecule has 6 N–H and O–H groups in total. The third kappa shape index (κ3) is 3.43. The normalized spacial score (nSPS) is 17.8. The number of para-hydroxylation sites is 1. The molecule has 142 valence electrons. The molecule has 4 rings (SSSR count). The summed E-state index contributed by atoms with van der Waals surface area (Å²) in [6.45, 7) is 2.21. The molecule has 2 heterocycles. The molecule has 0 radical (unpaired) electrons. The van der Waals surface area contributed by atoms with Gasteiger partial charge in [-0.1, -0.05) is 29.8 Å². The summed E-state index contributed by atoms with van der Waals surface area (Å²) in [5.74, 6) is 1.37. The van der Waals surface area contributed by atoms with Gasteiger partial charge in [0.25, 0.3) is 5.91 Å². The van der Waals surface area contributed by atoms with Crippen molar-refractivity contribution in [3.8, 4) is 5.75 Å². The zero-order chi connectivity index (χ0) is 19.7. The second-order valence-corrected chi connectivity index (χ2v) is 6.79. The van der Waals surface area contributed by atoms with Gasteiger partial charge in [-0.25, -0.2) is 0 Å². The minimum Gasteiger partial charge on any atom is -0.507 e. The number of aryl methyl sites for hydroxylation is 1. The maximum Gasteiger partial charge on any atom is 0.273 e. The third-order valence-electron chi connectivity index (χ3n) is 4.62. The van der Waals surface area contributed by atoms with Gasteiger partial charge in [-0.2, -0.15) is 0 Å². The minimum atomic E-state index is -0.380. The number of benzene rings is 2. The summed E-state index contributed by atoms with van der Waals surface area (Å²) in [6, 6.07) is 15.2. The lowest BCUT2D eigenvalue weighted by Gasteiger charge is -2.23. The monoisotopic (exact) mass is 376 g/mol. The number of carbonyl (C=O) groups excluding carboxylic acids is 1. The molecule has 0 aromatic heterocycles. The Balaban J connectivity index is 1.73. The fraction of sp³-hybridized carbons (Fsp3) is 0.0952. The Labute approximate surface area is 163 Å². The van der Waals surface area contributed by atoms with Crippen molar-refractivity contribution >= 4 is 17.3 Å². The van der Waals surface area contributed by atoms with E-state index in [0.29, 0.717) is 5.56 Å². The fourth-order valence-electron chi connectivity index (χ4n) is 3.23. The molecule has 7 heteroatoms. The van der Waals surface area contributed by atoms with Crippen molar-refractivity contribution in [2.45, 2.75) is 6.92 Å². The summed E-state index contributed by atoms with van der Waals surface area (Å²) in [4.78, 5) is 14.0. The molecule has 7 nitrogen and oxygen atoms in total. The largest absolute Gasteiger partial charge is 0.507 e. The van der Waals surface area contributed by atoms with Gasteiger partial charge in [-0.15, -0.1) is 0 Å². The maximum atomic E-state index is 11.3. The van der Waals surface area contributed by atoms with Gasteiger partial charge in [-0.05, 0) is 31.2 Å². The average Bonchev–Trinajstić information content (AvgIpc) is 3.01. The van der Waals surface area contributed by atoms with E-state index in [1.54, 1.807) is 12.1 Å². The first-order chi connectivity index (χ1) is 13.5. The van der Waals surface area contributed by atoms with Crippen LogP contribution in [0.3, 0.4) is 0 Å². The highest BCUT2D eigenvalue weighted by molar-refractivity contribution is 5.78. The van der Waals surface area contributed by atoms with E-state index in [0.717, 1.165) is 27.9 Å². The molecule has 2 aliphatic heterocycles. The topological polar surface area (TPSA) is 95.1 Å². The maximum absolute atomic E-state index is 11.3. The first-order valence-electron chi connectivity index (χ1n) is 8.98. The molecular weight excluding hydrogens is 354 g/mol. The molecule has 2 aromatic rings. The summed E-state index contributed by atoms with van der Waals surface area (Å²) in [5, 5.41) is 17.2. The van der Waals surface area contributed by atoms with E-state index in [1.807, 2.05) is 66.8 Å². The SMILES string of the molecule is Cc1ccc(NC2=C(c3ccccc3O)NC3=C[NH+](CC(N)=O)C=CN32)cc1. The Morgan fingerprint density at radius 1 is 1.21 bits per heavy atom. The van der Waals surface area contributed by atoms with E-state index >= 15 is 0 Å². The lowest BCUT2D eigenvalue weighted by Crippen LogP contribution is -3.05. The van der Waals surface area contributed by atoms with E-state index in [9.17, 15) is 9.90 Å². The number of carbonyl (C=O) groups is 1. The zero-order valence-electron chi connectivity index (χ0n) is 15.4. The lowest BCUT2D eigenvalue weighted by atomic mass is 10.1. The predicted molar refractivity (Wildman–Crippen MR) is 107 cm³/mol. The van der Waals surface area contributed by atoms with Crippen molar-refractivity contribution in [1.82, 2.24) is 10.2 Å². The number of quaternary nitrogens is 1. The Kier molecular flexibility index (Phi) is 4.50. The second-order valence-electron chi connectivity index (χ2n) is 6.79. The van der Waals surface area contributed by atoms with Crippen LogP contribution in [0.5, 0.6) is 5.75 Å². The van der Waals surface area contributed by atoms with Gasteiger partial charge in [0.2, 0.25) is 0 Å². The van der Waals surface area contributed by atoms with Crippen molar-refractivity contribution in [3.63, 3.8) is 0 Å². The quantitative estimate of drug-likeness (QED) is 0.537. The van der Waals surface area contributed by atoms with Crippen molar-refractivity contribution in [2.24, 2.45) is 5.73 Å². The molecular formula is C21H22N5O2+. The number of anilines is 1. The summed E-state index contributed by atoms with van der Waals surface area (Å²) in [6.07, 6.45) is 5.62. The summed E-state index contributed by atoms with van der Waals surface area (Å²) in [5.41, 5.74) is 8.85. The molecule has 1 unspecified atom stereocenters. The smallest absolute Gasteiger partial charge is 0.273 e. The van der Waals surface area contributed by atoms with E-state index in [4.69, 9.17) is 5.73 Å². The molecule has 2 aliphatic rings. The number of phenolic OH excluding ortho intramolecular Hbond substituents is 1. The van der Waals surface area contributed by atoms with Crippen LogP contribution in [-0.4, -0.2) is 22.5 Å². The van der Waals surface area contributed by atoms with Gasteiger partial charge in [0.1, 0.15) is 24.0 Å². The number of rotatable bonds is 5. The summed E-state index contributed by atoms with van der Waals surface area (Å²) in [7, 11) is 0. The van der Waals surface area contributed by atoms with Crippen LogP contribution in [0.25, 0.3) is 5.70 Å². The van der Waals surface area contributed by atoms with Crippen LogP contribution in [-0.2, 0) is 4.79 Å². The van der Waals surface area contributed by atoms with Crippen LogP contribution in [0, 0.1) is 6.92 Å². The number of nitrogens with two attached hydrogens (primary N) is 1. The summed E-state index contributed by atoms with van der Waals surface area (Å²) < 4.78 is 0. The van der Waals surface area contributed by atoms with Crippen LogP contribution in [0.2, 0.25) is 0 Å². The van der Waals surface area contributed by atoms with Gasteiger partial charge < -0.3 is 21.5 Å². The number of primary amides is 1. The zero-order valence-corrected chi connectivity index (χ0v) is 15.4. The van der Waals surface area contributed by atoms with Crippen molar-refractivity contribution in [1.29, 1.82) is 0 Å². The van der Waals surface area contributed by atoms with E-state index in [-0.39, 0.29) is 18.2 Å². The number of amides is 1. The number of nitrogens with zero attached hydrogens (tertiary/aromatic N) is 1. The van der Waals surface area contributed by atoms with E-state index in [1.165, 1.54) is 5.56 Å². The molecule has 0 saturated heterocycles. The lowest BCUT2D eigenvalue weighted by molar-refractivity contribution is -0.783. The molecule has 1 atom stereocenters. The van der Waals surface area contributed by atoms with E-state index < -0.39 is 0 Å². The molecule has 0 spiro atoms. The molecule has 1 amide bonds. The highest BCUT2D eigenvalue weighted by atomic mass is 16.3. The number of hydrogen-bond acceptors (Lipinski definition) is 5. The molecule has 28 heavy (non-hydrogen) atoms. The first kappa shape index (κ1) is 17.7. The highest BCUT2D eigenvalue weighted by Crippen LogP contribution is 2.34. The number of phenols is 1. The Morgan fingerprint density at radius 3 is 2.68 bits per heavy atom. The summed E-state index contributed by atoms with van der Waals surface area (Å²) >= 11 is 0. The number of fused-ring (bicyclic) bond motifs is 1. The van der Waals surface area contributed by atoms with Gasteiger partial charge in [-0.3, -0.25) is 14.6 Å².